The number of anilines is 2. The van der Waals surface area contributed by atoms with Crippen molar-refractivity contribution in [3.05, 3.63) is 93.4 Å². The molecule has 160 valence electrons. The van der Waals surface area contributed by atoms with Crippen LogP contribution in [0, 0.1) is 0 Å². The molecule has 4 aromatic rings. The fourth-order valence-electron chi connectivity index (χ4n) is 4.39. The van der Waals surface area contributed by atoms with Crippen LogP contribution in [-0.4, -0.2) is 21.0 Å². The van der Waals surface area contributed by atoms with E-state index in [1.807, 2.05) is 30.4 Å². The standard InChI is InChI=1S/C27H26N4O/c1-17(2)20-11-8-19(9-12-20)10-13-21-14-15-28-25-24(21)26(32)30-27(29-25)31-18(3)16-22-6-4-5-7-23(22)31/h4-15,17-18H,16H2,1-3H3,(H,28,29,30,32)/b13-10+. The van der Waals surface area contributed by atoms with Crippen molar-refractivity contribution in [2.45, 2.75) is 39.2 Å². The predicted molar refractivity (Wildman–Crippen MR) is 131 cm³/mol. The number of rotatable bonds is 4. The van der Waals surface area contributed by atoms with Gasteiger partial charge in [-0.15, -0.1) is 0 Å². The average Bonchev–Trinajstić information content (AvgIpc) is 3.13. The van der Waals surface area contributed by atoms with Crippen LogP contribution < -0.4 is 10.5 Å². The maximum absolute atomic E-state index is 13.1. The van der Waals surface area contributed by atoms with E-state index in [-0.39, 0.29) is 11.6 Å². The Hall–Kier alpha value is -3.73. The van der Waals surface area contributed by atoms with Crippen molar-refractivity contribution in [3.63, 3.8) is 0 Å². The predicted octanol–water partition coefficient (Wildman–Crippen LogP) is 5.69. The van der Waals surface area contributed by atoms with E-state index in [9.17, 15) is 4.79 Å². The van der Waals surface area contributed by atoms with E-state index >= 15 is 0 Å². The monoisotopic (exact) mass is 422 g/mol. The van der Waals surface area contributed by atoms with Crippen molar-refractivity contribution in [2.24, 2.45) is 0 Å². The first-order valence-electron chi connectivity index (χ1n) is 11.1. The fraction of sp³-hybridized carbons (Fsp3) is 0.222. The maximum Gasteiger partial charge on any atom is 0.262 e. The summed E-state index contributed by atoms with van der Waals surface area (Å²) in [5, 5.41) is 0.506. The van der Waals surface area contributed by atoms with Crippen molar-refractivity contribution < 1.29 is 0 Å². The van der Waals surface area contributed by atoms with Gasteiger partial charge in [-0.3, -0.25) is 9.78 Å². The van der Waals surface area contributed by atoms with Gasteiger partial charge < -0.3 is 4.90 Å². The molecule has 1 N–H and O–H groups in total. The first kappa shape index (κ1) is 20.2. The number of aromatic nitrogens is 3. The summed E-state index contributed by atoms with van der Waals surface area (Å²) in [4.78, 5) is 27.4. The Bertz CT molecular complexity index is 1370. The zero-order valence-electron chi connectivity index (χ0n) is 18.5. The summed E-state index contributed by atoms with van der Waals surface area (Å²) >= 11 is 0. The highest BCUT2D eigenvalue weighted by Crippen LogP contribution is 2.36. The van der Waals surface area contributed by atoms with Crippen molar-refractivity contribution in [2.75, 3.05) is 4.90 Å². The number of hydrogen-bond donors (Lipinski definition) is 1. The van der Waals surface area contributed by atoms with E-state index in [1.165, 1.54) is 11.1 Å². The number of nitrogens with one attached hydrogen (secondary N) is 1. The SMILES string of the molecule is CC(C)c1ccc(/C=C/c2ccnc3nc(N4c5ccccc5CC4C)[nH]c(=O)c23)cc1. The van der Waals surface area contributed by atoms with Gasteiger partial charge in [-0.25, -0.2) is 4.98 Å². The van der Waals surface area contributed by atoms with Gasteiger partial charge in [-0.1, -0.05) is 68.5 Å². The summed E-state index contributed by atoms with van der Waals surface area (Å²) in [6.07, 6.45) is 6.61. The van der Waals surface area contributed by atoms with E-state index in [0.717, 1.165) is 23.2 Å². The number of nitrogens with zero attached hydrogens (tertiary/aromatic N) is 3. The van der Waals surface area contributed by atoms with E-state index in [4.69, 9.17) is 4.98 Å². The lowest BCUT2D eigenvalue weighted by Crippen LogP contribution is -2.28. The van der Waals surface area contributed by atoms with Crippen molar-refractivity contribution in [1.29, 1.82) is 0 Å². The Kier molecular flexibility index (Phi) is 5.10. The Balaban J connectivity index is 1.53. The topological polar surface area (TPSA) is 61.9 Å². The van der Waals surface area contributed by atoms with Gasteiger partial charge >= 0.3 is 0 Å². The van der Waals surface area contributed by atoms with Crippen molar-refractivity contribution in [1.82, 2.24) is 15.0 Å². The second kappa shape index (κ2) is 8.08. The molecule has 0 bridgehead atoms. The maximum atomic E-state index is 13.1. The number of aromatic amines is 1. The first-order chi connectivity index (χ1) is 15.5. The molecule has 0 fully saturated rings. The van der Waals surface area contributed by atoms with Gasteiger partial charge in [0.25, 0.3) is 5.56 Å². The minimum Gasteiger partial charge on any atom is -0.309 e. The normalized spacial score (nSPS) is 15.8. The lowest BCUT2D eigenvalue weighted by Gasteiger charge is -2.23. The number of pyridine rings is 1. The summed E-state index contributed by atoms with van der Waals surface area (Å²) in [5.41, 5.74) is 5.82. The number of hydrogen-bond acceptors (Lipinski definition) is 4. The van der Waals surface area contributed by atoms with Crippen LogP contribution in [0.25, 0.3) is 23.2 Å². The summed E-state index contributed by atoms with van der Waals surface area (Å²) in [6.45, 7) is 6.51. The molecule has 1 aliphatic heterocycles. The van der Waals surface area contributed by atoms with Gasteiger partial charge in [-0.05, 0) is 53.6 Å². The molecule has 0 saturated carbocycles. The van der Waals surface area contributed by atoms with Crippen LogP contribution in [0.2, 0.25) is 0 Å². The zero-order chi connectivity index (χ0) is 22.2. The van der Waals surface area contributed by atoms with E-state index in [1.54, 1.807) is 6.20 Å². The quantitative estimate of drug-likeness (QED) is 0.459. The highest BCUT2D eigenvalue weighted by molar-refractivity contribution is 5.88. The van der Waals surface area contributed by atoms with Crippen LogP contribution in [-0.2, 0) is 6.42 Å². The third-order valence-corrected chi connectivity index (χ3v) is 6.12. The molecule has 32 heavy (non-hydrogen) atoms. The average molecular weight is 423 g/mol. The van der Waals surface area contributed by atoms with Crippen molar-refractivity contribution >= 4 is 34.8 Å². The molecule has 5 heteroatoms. The lowest BCUT2D eigenvalue weighted by molar-refractivity contribution is 0.740. The molecule has 0 aliphatic carbocycles. The van der Waals surface area contributed by atoms with Gasteiger partial charge in [0, 0.05) is 17.9 Å². The third-order valence-electron chi connectivity index (χ3n) is 6.12. The lowest BCUT2D eigenvalue weighted by atomic mass is 10.0. The third kappa shape index (κ3) is 3.60. The zero-order valence-corrected chi connectivity index (χ0v) is 18.5. The number of fused-ring (bicyclic) bond motifs is 2. The Morgan fingerprint density at radius 2 is 1.84 bits per heavy atom. The van der Waals surface area contributed by atoms with E-state index in [2.05, 4.69) is 72.0 Å². The minimum absolute atomic E-state index is 0.176. The van der Waals surface area contributed by atoms with Gasteiger partial charge in [0.05, 0.1) is 5.39 Å². The van der Waals surface area contributed by atoms with Crippen LogP contribution >= 0.6 is 0 Å². The summed E-state index contributed by atoms with van der Waals surface area (Å²) in [5.74, 6) is 1.04. The largest absolute Gasteiger partial charge is 0.309 e. The number of H-pyrrole nitrogens is 1. The van der Waals surface area contributed by atoms with Crippen molar-refractivity contribution in [3.8, 4) is 0 Å². The van der Waals surface area contributed by atoms with Gasteiger partial charge in [0.1, 0.15) is 0 Å². The van der Waals surface area contributed by atoms with Crippen LogP contribution in [0.1, 0.15) is 48.9 Å². The van der Waals surface area contributed by atoms with E-state index < -0.39 is 0 Å². The Morgan fingerprint density at radius 3 is 2.62 bits per heavy atom. The molecule has 0 radical (unpaired) electrons. The number of para-hydroxylation sites is 1. The molecule has 1 aliphatic rings. The molecule has 2 aromatic heterocycles. The smallest absolute Gasteiger partial charge is 0.262 e. The van der Waals surface area contributed by atoms with Crippen LogP contribution in [0.5, 0.6) is 0 Å². The molecule has 0 spiro atoms. The molecular formula is C27H26N4O. The molecule has 1 atom stereocenters. The molecule has 0 saturated heterocycles. The summed E-state index contributed by atoms with van der Waals surface area (Å²) < 4.78 is 0. The summed E-state index contributed by atoms with van der Waals surface area (Å²) in [6, 6.07) is 18.8. The highest BCUT2D eigenvalue weighted by atomic mass is 16.1. The molecule has 3 heterocycles. The second-order valence-electron chi connectivity index (χ2n) is 8.69. The van der Waals surface area contributed by atoms with Gasteiger partial charge in [0.2, 0.25) is 5.95 Å². The molecule has 5 nitrogen and oxygen atoms in total. The van der Waals surface area contributed by atoms with Gasteiger partial charge in [-0.2, -0.15) is 4.98 Å². The number of benzene rings is 2. The fourth-order valence-corrected chi connectivity index (χ4v) is 4.39. The molecule has 0 amide bonds. The molecule has 2 aromatic carbocycles. The molecule has 5 rings (SSSR count). The first-order valence-corrected chi connectivity index (χ1v) is 11.1. The van der Waals surface area contributed by atoms with Gasteiger partial charge in [0.15, 0.2) is 5.65 Å². The minimum atomic E-state index is -0.176. The molecular weight excluding hydrogens is 396 g/mol. The second-order valence-corrected chi connectivity index (χ2v) is 8.69. The molecule has 1 unspecified atom stereocenters. The Morgan fingerprint density at radius 1 is 1.06 bits per heavy atom. The highest BCUT2D eigenvalue weighted by Gasteiger charge is 2.29. The van der Waals surface area contributed by atoms with Crippen LogP contribution in [0.4, 0.5) is 11.6 Å². The van der Waals surface area contributed by atoms with E-state index in [0.29, 0.717) is 22.9 Å². The Labute approximate surface area is 187 Å². The summed E-state index contributed by atoms with van der Waals surface area (Å²) in [7, 11) is 0. The van der Waals surface area contributed by atoms with Crippen LogP contribution in [0.3, 0.4) is 0 Å². The van der Waals surface area contributed by atoms with Crippen LogP contribution in [0.15, 0.2) is 65.6 Å².